The van der Waals surface area contributed by atoms with E-state index < -0.39 is 19.9 Å². The van der Waals surface area contributed by atoms with E-state index in [1.54, 1.807) is 0 Å². The number of nitriles is 2. The van der Waals surface area contributed by atoms with Crippen molar-refractivity contribution in [3.05, 3.63) is 45.2 Å². The van der Waals surface area contributed by atoms with Crippen molar-refractivity contribution in [2.75, 3.05) is 25.0 Å². The maximum atomic E-state index is 12.4. The molecule has 7 nitrogen and oxygen atoms in total. The van der Waals surface area contributed by atoms with Gasteiger partial charge in [0.2, 0.25) is 5.88 Å². The first-order valence-electron chi connectivity index (χ1n) is 10.5. The molecule has 2 aromatic rings. The van der Waals surface area contributed by atoms with Gasteiger partial charge in [-0.25, -0.2) is 18.7 Å². The predicted octanol–water partition coefficient (Wildman–Crippen LogP) is 3.45. The van der Waals surface area contributed by atoms with Crippen molar-refractivity contribution >= 4 is 17.4 Å². The van der Waals surface area contributed by atoms with E-state index in [1.165, 1.54) is 12.1 Å². The van der Waals surface area contributed by atoms with E-state index in [0.29, 0.717) is 36.5 Å². The second kappa shape index (κ2) is 9.66. The van der Waals surface area contributed by atoms with Gasteiger partial charge in [0.05, 0.1) is 11.6 Å². The molecule has 0 radical (unpaired) electrons. The zero-order valence-corrected chi connectivity index (χ0v) is 16.5. The molecule has 30 heavy (non-hydrogen) atoms. The molecule has 156 valence electrons. The van der Waals surface area contributed by atoms with Crippen molar-refractivity contribution in [1.82, 2.24) is 14.9 Å². The molecule has 0 aromatic carbocycles. The summed E-state index contributed by atoms with van der Waals surface area (Å²) >= 11 is 6.18. The van der Waals surface area contributed by atoms with Crippen molar-refractivity contribution in [2.45, 2.75) is 32.8 Å². The first-order chi connectivity index (χ1) is 15.6. The standard InChI is InChI=1S/C20H19ClF2N6O/c1-12-13(2-3-18(27-12)30-11-17(22)23)9-29-7-4-14-16(10-29)15(8-25)19(21)28-20(14)26-6-5-24/h2-3,17H,4,6-7,9-11H2,1H3,(H,26,28)/i1D3. The molecule has 0 fully saturated rings. The zero-order valence-electron chi connectivity index (χ0n) is 18.8. The average molecular weight is 436 g/mol. The fourth-order valence-electron chi connectivity index (χ4n) is 3.24. The molecule has 1 N–H and O–H groups in total. The van der Waals surface area contributed by atoms with E-state index in [1.807, 2.05) is 11.0 Å². The lowest BCUT2D eigenvalue weighted by atomic mass is 9.96. The molecule has 0 aliphatic carbocycles. The summed E-state index contributed by atoms with van der Waals surface area (Å²) in [6.07, 6.45) is -2.21. The van der Waals surface area contributed by atoms with Crippen LogP contribution in [0.5, 0.6) is 5.88 Å². The molecular weight excluding hydrogens is 414 g/mol. The molecule has 0 saturated carbocycles. The number of nitrogens with one attached hydrogen (secondary N) is 1. The van der Waals surface area contributed by atoms with Crippen LogP contribution in [0, 0.1) is 29.5 Å². The van der Waals surface area contributed by atoms with E-state index in [0.717, 1.165) is 5.56 Å². The lowest BCUT2D eigenvalue weighted by Gasteiger charge is -2.31. The summed E-state index contributed by atoms with van der Waals surface area (Å²) in [5.74, 6) is 0.257. The summed E-state index contributed by atoms with van der Waals surface area (Å²) in [5.41, 5.74) is 1.83. The topological polar surface area (TPSA) is 97.9 Å². The third-order valence-corrected chi connectivity index (χ3v) is 4.85. The van der Waals surface area contributed by atoms with Gasteiger partial charge in [0.25, 0.3) is 6.43 Å². The van der Waals surface area contributed by atoms with E-state index in [-0.39, 0.29) is 35.4 Å². The highest BCUT2D eigenvalue weighted by Crippen LogP contribution is 2.32. The van der Waals surface area contributed by atoms with Crippen LogP contribution in [0.15, 0.2) is 12.1 Å². The van der Waals surface area contributed by atoms with Gasteiger partial charge in [-0.1, -0.05) is 17.7 Å². The number of ether oxygens (including phenoxy) is 1. The fraction of sp³-hybridized carbons (Fsp3) is 0.400. The Bertz CT molecular complexity index is 1120. The summed E-state index contributed by atoms with van der Waals surface area (Å²) in [6.45, 7) is -2.42. The number of hydrogen-bond donors (Lipinski definition) is 1. The van der Waals surface area contributed by atoms with Gasteiger partial charge in [-0.2, -0.15) is 10.5 Å². The molecule has 0 atom stereocenters. The second-order valence-electron chi connectivity index (χ2n) is 6.53. The van der Waals surface area contributed by atoms with Crippen LogP contribution >= 0.6 is 11.6 Å². The van der Waals surface area contributed by atoms with Crippen molar-refractivity contribution in [1.29, 1.82) is 10.5 Å². The number of hydrogen-bond acceptors (Lipinski definition) is 7. The predicted molar refractivity (Wildman–Crippen MR) is 106 cm³/mol. The molecule has 1 aliphatic heterocycles. The Balaban J connectivity index is 1.89. The summed E-state index contributed by atoms with van der Waals surface area (Å²) in [4.78, 5) is 10.1. The Hall–Kier alpha value is -3.01. The smallest absolute Gasteiger partial charge is 0.272 e. The van der Waals surface area contributed by atoms with Gasteiger partial charge in [-0.15, -0.1) is 0 Å². The number of pyridine rings is 2. The van der Waals surface area contributed by atoms with Crippen LogP contribution < -0.4 is 10.1 Å². The van der Waals surface area contributed by atoms with E-state index in [2.05, 4.69) is 21.4 Å². The van der Waals surface area contributed by atoms with Gasteiger partial charge in [0, 0.05) is 41.1 Å². The summed E-state index contributed by atoms with van der Waals surface area (Å²) in [5, 5.41) is 21.3. The molecule has 0 unspecified atom stereocenters. The van der Waals surface area contributed by atoms with Crippen LogP contribution in [-0.4, -0.2) is 41.0 Å². The van der Waals surface area contributed by atoms with Crippen molar-refractivity contribution in [2.24, 2.45) is 0 Å². The Kier molecular flexibility index (Phi) is 5.74. The Labute approximate surface area is 182 Å². The second-order valence-corrected chi connectivity index (χ2v) is 6.88. The average Bonchev–Trinajstić information content (AvgIpc) is 2.76. The van der Waals surface area contributed by atoms with Crippen LogP contribution in [-0.2, 0) is 19.5 Å². The minimum absolute atomic E-state index is 0.0175. The third-order valence-electron chi connectivity index (χ3n) is 4.58. The van der Waals surface area contributed by atoms with Gasteiger partial charge in [-0.05, 0) is 24.4 Å². The quantitative estimate of drug-likeness (QED) is 0.525. The fourth-order valence-corrected chi connectivity index (χ4v) is 3.48. The number of fused-ring (bicyclic) bond motifs is 1. The normalized spacial score (nSPS) is 15.3. The molecule has 3 rings (SSSR count). The van der Waals surface area contributed by atoms with Crippen molar-refractivity contribution in [3.63, 3.8) is 0 Å². The highest BCUT2D eigenvalue weighted by molar-refractivity contribution is 6.30. The molecule has 3 heterocycles. The molecule has 0 bridgehead atoms. The number of halogens is 3. The van der Waals surface area contributed by atoms with Crippen LogP contribution in [0.3, 0.4) is 0 Å². The number of aryl methyl sites for hydroxylation is 1. The van der Waals surface area contributed by atoms with Crippen LogP contribution in [0.4, 0.5) is 14.6 Å². The molecule has 0 saturated heterocycles. The van der Waals surface area contributed by atoms with Crippen molar-refractivity contribution in [3.8, 4) is 18.0 Å². The van der Waals surface area contributed by atoms with Gasteiger partial charge in [-0.3, -0.25) is 4.90 Å². The van der Waals surface area contributed by atoms with Gasteiger partial charge >= 0.3 is 0 Å². The summed E-state index contributed by atoms with van der Waals surface area (Å²) in [7, 11) is 0. The number of alkyl halides is 2. The third kappa shape index (κ3) is 4.93. The van der Waals surface area contributed by atoms with E-state index in [4.69, 9.17) is 25.7 Å². The highest BCUT2D eigenvalue weighted by atomic mass is 35.5. The Morgan fingerprint density at radius 2 is 2.20 bits per heavy atom. The Morgan fingerprint density at radius 1 is 1.37 bits per heavy atom. The largest absolute Gasteiger partial charge is 0.472 e. The molecule has 1 aliphatic rings. The van der Waals surface area contributed by atoms with E-state index >= 15 is 0 Å². The van der Waals surface area contributed by atoms with Crippen LogP contribution in [0.2, 0.25) is 5.15 Å². The number of anilines is 1. The van der Waals surface area contributed by atoms with E-state index in [9.17, 15) is 14.0 Å². The first-order valence-corrected chi connectivity index (χ1v) is 9.37. The highest BCUT2D eigenvalue weighted by Gasteiger charge is 2.25. The SMILES string of the molecule is [2H]C([2H])([2H])c1nc(OCC(F)F)ccc1CN1CCc2c(NCC#N)nc(Cl)c(C#N)c2C1. The maximum Gasteiger partial charge on any atom is 0.272 e. The number of aromatic nitrogens is 2. The van der Waals surface area contributed by atoms with Gasteiger partial charge in [0.15, 0.2) is 6.61 Å². The molecule has 10 heteroatoms. The summed E-state index contributed by atoms with van der Waals surface area (Å²) in [6, 6.07) is 6.89. The molecule has 2 aromatic heterocycles. The minimum atomic E-state index is -2.71. The maximum absolute atomic E-state index is 12.4. The Morgan fingerprint density at radius 3 is 2.90 bits per heavy atom. The minimum Gasteiger partial charge on any atom is -0.472 e. The number of nitrogens with zero attached hydrogens (tertiary/aromatic N) is 5. The molecule has 0 amide bonds. The van der Waals surface area contributed by atoms with Crippen LogP contribution in [0.1, 0.15) is 32.1 Å². The van der Waals surface area contributed by atoms with Crippen molar-refractivity contribution < 1.29 is 17.6 Å². The van der Waals surface area contributed by atoms with Gasteiger partial charge in [0.1, 0.15) is 23.6 Å². The molecule has 0 spiro atoms. The first kappa shape index (κ1) is 17.8. The monoisotopic (exact) mass is 435 g/mol. The lowest BCUT2D eigenvalue weighted by Crippen LogP contribution is -2.32. The zero-order chi connectivity index (χ0) is 24.2. The number of rotatable bonds is 7. The van der Waals surface area contributed by atoms with Crippen LogP contribution in [0.25, 0.3) is 0 Å². The molecular formula is C20H19ClF2N6O. The lowest BCUT2D eigenvalue weighted by molar-refractivity contribution is 0.0795. The van der Waals surface area contributed by atoms with Gasteiger partial charge < -0.3 is 10.1 Å². The summed E-state index contributed by atoms with van der Waals surface area (Å²) < 4.78 is 53.1.